The van der Waals surface area contributed by atoms with Gasteiger partial charge in [0.15, 0.2) is 0 Å². The first-order valence-electron chi connectivity index (χ1n) is 6.76. The fourth-order valence-electron chi connectivity index (χ4n) is 2.47. The van der Waals surface area contributed by atoms with E-state index in [9.17, 15) is 4.79 Å². The third kappa shape index (κ3) is 2.73. The maximum atomic E-state index is 12.3. The number of ether oxygens (including phenoxy) is 1. The predicted molar refractivity (Wildman–Crippen MR) is 74.9 cm³/mol. The van der Waals surface area contributed by atoms with Crippen molar-refractivity contribution in [2.75, 3.05) is 13.7 Å². The third-order valence-electron chi connectivity index (χ3n) is 4.12. The lowest BCUT2D eigenvalue weighted by Crippen LogP contribution is -2.50. The number of carbonyl (C=O) groups is 1. The minimum absolute atomic E-state index is 0.0355. The highest BCUT2D eigenvalue weighted by Crippen LogP contribution is 2.40. The number of nitrogens with two attached hydrogens (primary N) is 1. The van der Waals surface area contributed by atoms with Gasteiger partial charge in [-0.15, -0.1) is 0 Å². The molecule has 1 aliphatic carbocycles. The number of methoxy groups -OCH3 is 1. The van der Waals surface area contributed by atoms with Crippen LogP contribution in [0.1, 0.15) is 37.8 Å². The first-order valence-corrected chi connectivity index (χ1v) is 6.76. The van der Waals surface area contributed by atoms with Crippen LogP contribution in [0, 0.1) is 5.41 Å². The molecule has 0 unspecified atom stereocenters. The van der Waals surface area contributed by atoms with Crippen LogP contribution in [-0.2, 0) is 4.79 Å². The number of hydrogen-bond acceptors (Lipinski definition) is 3. The zero-order valence-electron chi connectivity index (χ0n) is 11.6. The van der Waals surface area contributed by atoms with E-state index in [0.717, 1.165) is 30.6 Å². The van der Waals surface area contributed by atoms with Gasteiger partial charge in [0.05, 0.1) is 18.6 Å². The highest BCUT2D eigenvalue weighted by molar-refractivity contribution is 5.84. The van der Waals surface area contributed by atoms with Crippen LogP contribution < -0.4 is 15.8 Å². The molecule has 1 fully saturated rings. The van der Waals surface area contributed by atoms with Gasteiger partial charge in [0.2, 0.25) is 5.91 Å². The van der Waals surface area contributed by atoms with E-state index in [1.54, 1.807) is 7.11 Å². The van der Waals surface area contributed by atoms with Gasteiger partial charge in [-0.2, -0.15) is 0 Å². The molecule has 1 atom stereocenters. The first-order chi connectivity index (χ1) is 9.11. The van der Waals surface area contributed by atoms with Crippen LogP contribution >= 0.6 is 0 Å². The van der Waals surface area contributed by atoms with E-state index in [1.165, 1.54) is 0 Å². The molecule has 1 aromatic carbocycles. The van der Waals surface area contributed by atoms with Crippen LogP contribution in [0.15, 0.2) is 24.3 Å². The van der Waals surface area contributed by atoms with Crippen molar-refractivity contribution in [2.24, 2.45) is 11.1 Å². The molecule has 0 heterocycles. The topological polar surface area (TPSA) is 64.3 Å². The van der Waals surface area contributed by atoms with E-state index in [0.29, 0.717) is 6.54 Å². The molecule has 2 rings (SSSR count). The van der Waals surface area contributed by atoms with Crippen LogP contribution in [0.4, 0.5) is 0 Å². The molecule has 0 radical (unpaired) electrons. The Morgan fingerprint density at radius 2 is 2.26 bits per heavy atom. The molecular formula is C15H22N2O2. The molecule has 1 aliphatic rings. The van der Waals surface area contributed by atoms with Crippen molar-refractivity contribution in [1.29, 1.82) is 0 Å². The molecule has 19 heavy (non-hydrogen) atoms. The van der Waals surface area contributed by atoms with Crippen LogP contribution in [-0.4, -0.2) is 19.6 Å². The quantitative estimate of drug-likeness (QED) is 0.853. The standard InChI is InChI=1S/C15H22N2O2/c1-11(12-5-3-6-13(9-12)19-2)17-14(18)15(10-16)7-4-8-15/h3,5-6,9,11H,4,7-8,10,16H2,1-2H3,(H,17,18)/t11-/m0/s1. The molecule has 0 aliphatic heterocycles. The van der Waals surface area contributed by atoms with Gasteiger partial charge in [0.1, 0.15) is 5.75 Å². The second kappa shape index (κ2) is 5.61. The van der Waals surface area contributed by atoms with Gasteiger partial charge in [0.25, 0.3) is 0 Å². The van der Waals surface area contributed by atoms with E-state index in [-0.39, 0.29) is 17.4 Å². The first kappa shape index (κ1) is 13.9. The molecule has 0 saturated heterocycles. The van der Waals surface area contributed by atoms with Crippen molar-refractivity contribution in [3.63, 3.8) is 0 Å². The van der Waals surface area contributed by atoms with Gasteiger partial charge < -0.3 is 15.8 Å². The minimum atomic E-state index is -0.326. The molecular weight excluding hydrogens is 240 g/mol. The number of nitrogens with one attached hydrogen (secondary N) is 1. The fraction of sp³-hybridized carbons (Fsp3) is 0.533. The second-order valence-electron chi connectivity index (χ2n) is 5.31. The Labute approximate surface area is 114 Å². The monoisotopic (exact) mass is 262 g/mol. The van der Waals surface area contributed by atoms with Crippen LogP contribution in [0.2, 0.25) is 0 Å². The van der Waals surface area contributed by atoms with E-state index in [2.05, 4.69) is 5.32 Å². The van der Waals surface area contributed by atoms with Crippen LogP contribution in [0.3, 0.4) is 0 Å². The van der Waals surface area contributed by atoms with Gasteiger partial charge in [-0.25, -0.2) is 0 Å². The predicted octanol–water partition coefficient (Wildman–Crippen LogP) is 2.00. The van der Waals surface area contributed by atoms with Crippen molar-refractivity contribution in [2.45, 2.75) is 32.2 Å². The Bertz CT molecular complexity index is 450. The Kier molecular flexibility index (Phi) is 4.10. The maximum Gasteiger partial charge on any atom is 0.227 e. The summed E-state index contributed by atoms with van der Waals surface area (Å²) in [4.78, 5) is 12.3. The van der Waals surface area contributed by atoms with Crippen molar-refractivity contribution in [1.82, 2.24) is 5.32 Å². The minimum Gasteiger partial charge on any atom is -0.497 e. The second-order valence-corrected chi connectivity index (χ2v) is 5.31. The van der Waals surface area contributed by atoms with Gasteiger partial charge >= 0.3 is 0 Å². The zero-order chi connectivity index (χ0) is 13.9. The maximum absolute atomic E-state index is 12.3. The third-order valence-corrected chi connectivity index (χ3v) is 4.12. The smallest absolute Gasteiger partial charge is 0.227 e. The van der Waals surface area contributed by atoms with Crippen molar-refractivity contribution in [3.8, 4) is 5.75 Å². The lowest BCUT2D eigenvalue weighted by molar-refractivity contribution is -0.135. The highest BCUT2D eigenvalue weighted by atomic mass is 16.5. The summed E-state index contributed by atoms with van der Waals surface area (Å²) in [6.07, 6.45) is 2.90. The van der Waals surface area contributed by atoms with Gasteiger partial charge in [-0.3, -0.25) is 4.79 Å². The Morgan fingerprint density at radius 3 is 2.79 bits per heavy atom. The van der Waals surface area contributed by atoms with Gasteiger partial charge in [-0.05, 0) is 37.5 Å². The van der Waals surface area contributed by atoms with Crippen LogP contribution in [0.5, 0.6) is 5.75 Å². The summed E-state index contributed by atoms with van der Waals surface area (Å²) in [6.45, 7) is 2.42. The summed E-state index contributed by atoms with van der Waals surface area (Å²) < 4.78 is 5.20. The molecule has 4 nitrogen and oxygen atoms in total. The molecule has 1 amide bonds. The molecule has 0 aromatic heterocycles. The van der Waals surface area contributed by atoms with Crippen molar-refractivity contribution < 1.29 is 9.53 Å². The van der Waals surface area contributed by atoms with E-state index < -0.39 is 0 Å². The fourth-order valence-corrected chi connectivity index (χ4v) is 2.47. The average Bonchev–Trinajstić information content (AvgIpc) is 2.38. The van der Waals surface area contributed by atoms with E-state index in [4.69, 9.17) is 10.5 Å². The summed E-state index contributed by atoms with van der Waals surface area (Å²) in [7, 11) is 1.64. The molecule has 0 spiro atoms. The number of carbonyl (C=O) groups excluding carboxylic acids is 1. The summed E-state index contributed by atoms with van der Waals surface area (Å²) in [5, 5.41) is 3.07. The Hall–Kier alpha value is -1.55. The summed E-state index contributed by atoms with van der Waals surface area (Å²) >= 11 is 0. The molecule has 1 aromatic rings. The zero-order valence-corrected chi connectivity index (χ0v) is 11.6. The van der Waals surface area contributed by atoms with Crippen molar-refractivity contribution >= 4 is 5.91 Å². The summed E-state index contributed by atoms with van der Waals surface area (Å²) in [6, 6.07) is 7.72. The summed E-state index contributed by atoms with van der Waals surface area (Å²) in [5.74, 6) is 0.882. The van der Waals surface area contributed by atoms with Crippen molar-refractivity contribution in [3.05, 3.63) is 29.8 Å². The van der Waals surface area contributed by atoms with Gasteiger partial charge in [0, 0.05) is 6.54 Å². The van der Waals surface area contributed by atoms with Gasteiger partial charge in [-0.1, -0.05) is 18.6 Å². The lowest BCUT2D eigenvalue weighted by atomic mass is 9.68. The Morgan fingerprint density at radius 1 is 1.53 bits per heavy atom. The van der Waals surface area contributed by atoms with Crippen LogP contribution in [0.25, 0.3) is 0 Å². The lowest BCUT2D eigenvalue weighted by Gasteiger charge is -2.39. The van der Waals surface area contributed by atoms with E-state index >= 15 is 0 Å². The molecule has 104 valence electrons. The molecule has 4 heteroatoms. The molecule has 0 bridgehead atoms. The number of rotatable bonds is 5. The Balaban J connectivity index is 2.04. The molecule has 1 saturated carbocycles. The highest BCUT2D eigenvalue weighted by Gasteiger charge is 2.43. The normalized spacial score (nSPS) is 18.3. The molecule has 3 N–H and O–H groups in total. The van der Waals surface area contributed by atoms with E-state index in [1.807, 2.05) is 31.2 Å². The number of amides is 1. The summed E-state index contributed by atoms with van der Waals surface area (Å²) in [5.41, 5.74) is 6.46. The SMILES string of the molecule is COc1cccc([C@H](C)NC(=O)C2(CN)CCC2)c1. The largest absolute Gasteiger partial charge is 0.497 e. The average molecular weight is 262 g/mol. The number of hydrogen-bond donors (Lipinski definition) is 2. The number of benzene rings is 1.